The van der Waals surface area contributed by atoms with E-state index in [0.717, 1.165) is 37.0 Å². The first-order valence-corrected chi connectivity index (χ1v) is 17.6. The predicted molar refractivity (Wildman–Crippen MR) is 161 cm³/mol. The maximum Gasteiger partial charge on any atom is 0.145 e. The lowest BCUT2D eigenvalue weighted by Gasteiger charge is -2.73. The van der Waals surface area contributed by atoms with E-state index in [1.165, 1.54) is 56.2 Å². The van der Waals surface area contributed by atoms with Crippen molar-refractivity contribution >= 4 is 17.1 Å². The van der Waals surface area contributed by atoms with Crippen LogP contribution in [0.5, 0.6) is 0 Å². The van der Waals surface area contributed by atoms with Gasteiger partial charge in [-0.15, -0.1) is 11.3 Å². The van der Waals surface area contributed by atoms with Crippen LogP contribution in [0.2, 0.25) is 0 Å². The standard InChI is InChI=1S/C36H53NO2S/c1-21-27(40-20-37-21)23-17-36(23)18-32(6)24(31(4,5)29(36)38)11-12-34(8)25(32)10-9-22-26-28-30(2,3)13-15-35(26,19-39-28)16-14-33(22,34)7/h20,22-26,28H,9-19H2,1-8H3/t22?,23-,24?,25?,26?,28-,32+,33-,34-,35-,36-/m0/s1. The smallest absolute Gasteiger partial charge is 0.145 e. The first-order chi connectivity index (χ1) is 18.7. The van der Waals surface area contributed by atoms with Crippen molar-refractivity contribution in [3.8, 4) is 0 Å². The maximum atomic E-state index is 14.4. The molecular weight excluding hydrogens is 510 g/mol. The average Bonchev–Trinajstić information content (AvgIpc) is 3.23. The second-order valence-electron chi connectivity index (χ2n) is 18.2. The molecule has 1 aromatic heterocycles. The molecule has 4 unspecified atom stereocenters. The van der Waals surface area contributed by atoms with Crippen molar-refractivity contribution in [2.75, 3.05) is 6.61 Å². The Morgan fingerprint density at radius 3 is 2.38 bits per heavy atom. The van der Waals surface area contributed by atoms with Crippen molar-refractivity contribution in [2.24, 2.45) is 61.6 Å². The van der Waals surface area contributed by atoms with Crippen LogP contribution in [0.3, 0.4) is 0 Å². The van der Waals surface area contributed by atoms with E-state index in [9.17, 15) is 4.79 Å². The predicted octanol–water partition coefficient (Wildman–Crippen LogP) is 8.99. The highest BCUT2D eigenvalue weighted by Crippen LogP contribution is 2.81. The molecule has 3 nitrogen and oxygen atoms in total. The minimum atomic E-state index is -0.240. The summed E-state index contributed by atoms with van der Waals surface area (Å²) in [6, 6.07) is 0. The van der Waals surface area contributed by atoms with Crippen LogP contribution in [0.4, 0.5) is 0 Å². The van der Waals surface area contributed by atoms with Gasteiger partial charge < -0.3 is 4.74 Å². The summed E-state index contributed by atoms with van der Waals surface area (Å²) in [5.41, 5.74) is 4.46. The molecule has 1 aliphatic heterocycles. The first kappa shape index (κ1) is 26.9. The van der Waals surface area contributed by atoms with Gasteiger partial charge in [-0.25, -0.2) is 4.98 Å². The third-order valence-corrected chi connectivity index (χ3v) is 17.2. The van der Waals surface area contributed by atoms with Crippen LogP contribution >= 0.6 is 11.3 Å². The van der Waals surface area contributed by atoms with Gasteiger partial charge in [-0.2, -0.15) is 0 Å². The monoisotopic (exact) mass is 563 g/mol. The molecule has 1 saturated heterocycles. The summed E-state index contributed by atoms with van der Waals surface area (Å²) < 4.78 is 6.79. The Hall–Kier alpha value is -0.740. The Morgan fingerprint density at radius 2 is 1.65 bits per heavy atom. The number of ether oxygens (including phenoxy) is 1. The van der Waals surface area contributed by atoms with Gasteiger partial charge >= 0.3 is 0 Å². The van der Waals surface area contributed by atoms with E-state index < -0.39 is 0 Å². The van der Waals surface area contributed by atoms with E-state index in [1.807, 2.05) is 5.51 Å². The fourth-order valence-electron chi connectivity index (χ4n) is 14.1. The number of fused-ring (bicyclic) bond motifs is 5. The third-order valence-electron chi connectivity index (χ3n) is 16.2. The van der Waals surface area contributed by atoms with Crippen LogP contribution in [0.25, 0.3) is 0 Å². The van der Waals surface area contributed by atoms with E-state index in [4.69, 9.17) is 4.74 Å². The van der Waals surface area contributed by atoms with Gasteiger partial charge in [0.25, 0.3) is 0 Å². The molecule has 0 radical (unpaired) electrons. The minimum absolute atomic E-state index is 0.154. The number of thiazole rings is 1. The number of carbonyl (C=O) groups excluding carboxylic acids is 1. The molecule has 6 saturated carbocycles. The van der Waals surface area contributed by atoms with Crippen LogP contribution in [0.1, 0.15) is 129 Å². The number of nitrogens with zero attached hydrogens (tertiary/aromatic N) is 1. The highest BCUT2D eigenvalue weighted by atomic mass is 32.1. The molecule has 0 aromatic carbocycles. The number of aryl methyl sites for hydroxylation is 1. The number of carbonyl (C=O) groups is 1. The van der Waals surface area contributed by atoms with Crippen LogP contribution in [-0.4, -0.2) is 23.5 Å². The van der Waals surface area contributed by atoms with Crippen molar-refractivity contribution in [2.45, 2.75) is 132 Å². The fourth-order valence-corrected chi connectivity index (χ4v) is 15.1. The normalized spacial score (nSPS) is 55.2. The largest absolute Gasteiger partial charge is 0.377 e. The van der Waals surface area contributed by atoms with E-state index in [-0.39, 0.29) is 16.2 Å². The second kappa shape index (κ2) is 7.66. The summed E-state index contributed by atoms with van der Waals surface area (Å²) in [4.78, 5) is 20.4. The SMILES string of the molecule is Cc1ncsc1[C@@H]1C[C@]12C[C@]1(C)C(CC[C@@]3(C)C1CCC1C4[C@@H]5OC[C@]4(CCC5(C)C)CC[C@@]13C)C(C)(C)C2=O. The summed E-state index contributed by atoms with van der Waals surface area (Å²) in [6.45, 7) is 21.0. The Kier molecular flexibility index (Phi) is 5.14. The Labute approximate surface area is 247 Å². The minimum Gasteiger partial charge on any atom is -0.377 e. The fraction of sp³-hybridized carbons (Fsp3) is 0.889. The number of rotatable bonds is 1. The lowest BCUT2D eigenvalue weighted by atomic mass is 9.31. The van der Waals surface area contributed by atoms with Gasteiger partial charge in [-0.1, -0.05) is 48.5 Å². The number of aromatic nitrogens is 1. The van der Waals surface area contributed by atoms with Gasteiger partial charge in [-0.05, 0) is 122 Å². The summed E-state index contributed by atoms with van der Waals surface area (Å²) in [5, 5.41) is 0. The van der Waals surface area contributed by atoms with Crippen LogP contribution in [0.15, 0.2) is 5.51 Å². The zero-order valence-electron chi connectivity index (χ0n) is 26.5. The molecular formula is C36H53NO2S. The molecule has 0 amide bonds. The third kappa shape index (κ3) is 2.89. The molecule has 7 aliphatic rings. The highest BCUT2D eigenvalue weighted by molar-refractivity contribution is 7.09. The van der Waals surface area contributed by atoms with Crippen LogP contribution in [0, 0.1) is 68.5 Å². The molecule has 8 rings (SSSR count). The lowest BCUT2D eigenvalue weighted by molar-refractivity contribution is -0.244. The molecule has 1 aromatic rings. The molecule has 1 spiro atoms. The zero-order chi connectivity index (χ0) is 28.3. The molecule has 220 valence electrons. The van der Waals surface area contributed by atoms with Gasteiger partial charge in [0.1, 0.15) is 5.78 Å². The van der Waals surface area contributed by atoms with E-state index >= 15 is 0 Å². The summed E-state index contributed by atoms with van der Waals surface area (Å²) in [5.74, 6) is 3.73. The molecule has 4 heteroatoms. The number of Topliss-reactive ketones (excluding diaryl/α,β-unsaturated/α-hetero) is 1. The Morgan fingerprint density at radius 1 is 0.900 bits per heavy atom. The van der Waals surface area contributed by atoms with Crippen molar-refractivity contribution in [1.29, 1.82) is 0 Å². The van der Waals surface area contributed by atoms with Crippen molar-refractivity contribution in [1.82, 2.24) is 4.98 Å². The Bertz CT molecular complexity index is 1280. The summed E-state index contributed by atoms with van der Waals surface area (Å²) in [7, 11) is 0. The van der Waals surface area contributed by atoms with Gasteiger partial charge in [0, 0.05) is 21.6 Å². The molecule has 0 N–H and O–H groups in total. The van der Waals surface area contributed by atoms with Gasteiger partial charge in [0.05, 0.1) is 23.9 Å². The molecule has 40 heavy (non-hydrogen) atoms. The second-order valence-corrected chi connectivity index (χ2v) is 19.1. The molecule has 2 heterocycles. The molecule has 11 atom stereocenters. The van der Waals surface area contributed by atoms with E-state index in [0.29, 0.717) is 51.3 Å². The quantitative estimate of drug-likeness (QED) is 0.342. The number of ketones is 1. The van der Waals surface area contributed by atoms with Crippen LogP contribution < -0.4 is 0 Å². The van der Waals surface area contributed by atoms with E-state index in [1.54, 1.807) is 11.3 Å². The van der Waals surface area contributed by atoms with Crippen molar-refractivity contribution in [3.63, 3.8) is 0 Å². The zero-order valence-corrected chi connectivity index (χ0v) is 27.3. The van der Waals surface area contributed by atoms with Crippen LogP contribution in [-0.2, 0) is 9.53 Å². The van der Waals surface area contributed by atoms with Gasteiger partial charge in [0.2, 0.25) is 0 Å². The van der Waals surface area contributed by atoms with Gasteiger partial charge in [0.15, 0.2) is 0 Å². The summed E-state index contributed by atoms with van der Waals surface area (Å²) >= 11 is 1.80. The average molecular weight is 564 g/mol. The first-order valence-electron chi connectivity index (χ1n) is 16.7. The highest BCUT2D eigenvalue weighted by Gasteiger charge is 2.77. The maximum absolute atomic E-state index is 14.4. The Balaban J connectivity index is 1.19. The molecule has 2 bridgehead atoms. The van der Waals surface area contributed by atoms with E-state index in [2.05, 4.69) is 60.4 Å². The topological polar surface area (TPSA) is 39.2 Å². The van der Waals surface area contributed by atoms with Crippen molar-refractivity contribution < 1.29 is 9.53 Å². The molecule has 6 aliphatic carbocycles. The summed E-state index contributed by atoms with van der Waals surface area (Å²) in [6.07, 6.45) is 13.4. The van der Waals surface area contributed by atoms with Gasteiger partial charge in [-0.3, -0.25) is 4.79 Å². The van der Waals surface area contributed by atoms with Crippen molar-refractivity contribution in [3.05, 3.63) is 16.1 Å². The number of hydrogen-bond acceptors (Lipinski definition) is 4. The lowest BCUT2D eigenvalue weighted by Crippen LogP contribution is -2.68. The molecule has 7 fully saturated rings. The number of hydrogen-bond donors (Lipinski definition) is 0.